The number of aromatic nitrogens is 1. The van der Waals surface area contributed by atoms with Crippen LogP contribution in [0.5, 0.6) is 0 Å². The number of carbonyl (C=O) groups is 2. The molecule has 1 N–H and O–H groups in total. The lowest BCUT2D eigenvalue weighted by Crippen LogP contribution is -2.66. The van der Waals surface area contributed by atoms with Crippen molar-refractivity contribution in [3.63, 3.8) is 0 Å². The Labute approximate surface area is 184 Å². The summed E-state index contributed by atoms with van der Waals surface area (Å²) in [6, 6.07) is 3.96. The molecule has 178 valence electrons. The molecule has 1 atom stereocenters. The van der Waals surface area contributed by atoms with Crippen LogP contribution < -0.4 is 0 Å². The Morgan fingerprint density at radius 1 is 1.19 bits per heavy atom. The van der Waals surface area contributed by atoms with Crippen molar-refractivity contribution in [2.24, 2.45) is 11.8 Å². The third-order valence-corrected chi connectivity index (χ3v) is 6.39. The van der Waals surface area contributed by atoms with Gasteiger partial charge < -0.3 is 19.5 Å². The summed E-state index contributed by atoms with van der Waals surface area (Å²) in [6.07, 6.45) is 5.31. The summed E-state index contributed by atoms with van der Waals surface area (Å²) >= 11 is 0. The molecule has 3 aliphatic rings. The molecule has 2 saturated heterocycles. The molecular weight excluding hydrogens is 429 g/mol. The number of carboxylic acids is 1. The van der Waals surface area contributed by atoms with Gasteiger partial charge >= 0.3 is 12.1 Å². The predicted octanol–water partition coefficient (Wildman–Crippen LogP) is 3.43. The first-order valence-electron chi connectivity index (χ1n) is 10.9. The molecule has 0 radical (unpaired) electrons. The highest BCUT2D eigenvalue weighted by Gasteiger charge is 2.54. The lowest BCUT2D eigenvalue weighted by molar-refractivity contribution is -0.192. The lowest BCUT2D eigenvalue weighted by Gasteiger charge is -2.50. The van der Waals surface area contributed by atoms with Crippen LogP contribution in [0.2, 0.25) is 0 Å². The van der Waals surface area contributed by atoms with Crippen molar-refractivity contribution < 1.29 is 37.3 Å². The van der Waals surface area contributed by atoms with E-state index in [4.69, 9.17) is 19.4 Å². The van der Waals surface area contributed by atoms with Gasteiger partial charge in [-0.1, -0.05) is 12.8 Å². The van der Waals surface area contributed by atoms with Gasteiger partial charge in [0.2, 0.25) is 5.91 Å². The molecule has 0 aromatic carbocycles. The van der Waals surface area contributed by atoms with Gasteiger partial charge in [0, 0.05) is 31.3 Å². The zero-order valence-electron chi connectivity index (χ0n) is 17.9. The van der Waals surface area contributed by atoms with Crippen LogP contribution in [0.1, 0.15) is 44.1 Å². The highest BCUT2D eigenvalue weighted by molar-refractivity contribution is 5.77. The third kappa shape index (κ3) is 6.41. The van der Waals surface area contributed by atoms with Gasteiger partial charge in [0.25, 0.3) is 0 Å². The Morgan fingerprint density at radius 3 is 2.41 bits per heavy atom. The second-order valence-corrected chi connectivity index (χ2v) is 8.68. The molecule has 1 aliphatic carbocycles. The van der Waals surface area contributed by atoms with Gasteiger partial charge in [-0.3, -0.25) is 9.78 Å². The average Bonchev–Trinajstić information content (AvgIpc) is 3.37. The van der Waals surface area contributed by atoms with E-state index in [2.05, 4.69) is 4.98 Å². The monoisotopic (exact) mass is 458 g/mol. The zero-order chi connectivity index (χ0) is 23.2. The maximum absolute atomic E-state index is 12.5. The Balaban J connectivity index is 0.000000360. The summed E-state index contributed by atoms with van der Waals surface area (Å²) in [7, 11) is 0. The quantitative estimate of drug-likeness (QED) is 0.703. The first-order chi connectivity index (χ1) is 15.2. The number of nitrogens with zero attached hydrogens (tertiary/aromatic N) is 2. The standard InChI is InChI=1S/C20H28N2O3.C2HF3O2/c23-19(11-16-3-1-2-4-16)22-14-20(15-22)18(7-10-25-20)13-24-12-17-5-8-21-9-6-17;3-2(4,5)1(6)7/h5-6,8-9,16,18H,1-4,7,10-15H2;(H,6,7). The van der Waals surface area contributed by atoms with Crippen LogP contribution in [0.25, 0.3) is 0 Å². The van der Waals surface area contributed by atoms with Gasteiger partial charge in [0.15, 0.2) is 0 Å². The Bertz CT molecular complexity index is 763. The van der Waals surface area contributed by atoms with Crippen LogP contribution in [0.4, 0.5) is 13.2 Å². The summed E-state index contributed by atoms with van der Waals surface area (Å²) in [5.41, 5.74) is 0.994. The van der Waals surface area contributed by atoms with Crippen molar-refractivity contribution in [2.75, 3.05) is 26.3 Å². The van der Waals surface area contributed by atoms with E-state index in [1.54, 1.807) is 12.4 Å². The van der Waals surface area contributed by atoms with E-state index in [1.165, 1.54) is 25.7 Å². The minimum atomic E-state index is -5.08. The smallest absolute Gasteiger partial charge is 0.475 e. The van der Waals surface area contributed by atoms with Crippen LogP contribution >= 0.6 is 0 Å². The van der Waals surface area contributed by atoms with E-state index in [0.717, 1.165) is 38.1 Å². The van der Waals surface area contributed by atoms with Crippen molar-refractivity contribution in [1.82, 2.24) is 9.88 Å². The fraction of sp³-hybridized carbons (Fsp3) is 0.682. The van der Waals surface area contributed by atoms with E-state index >= 15 is 0 Å². The number of pyridine rings is 1. The number of hydrogen-bond acceptors (Lipinski definition) is 5. The number of hydrogen-bond donors (Lipinski definition) is 1. The predicted molar refractivity (Wildman–Crippen MR) is 108 cm³/mol. The molecule has 3 fully saturated rings. The number of likely N-dealkylation sites (tertiary alicyclic amines) is 1. The molecule has 1 spiro atoms. The van der Waals surface area contributed by atoms with Gasteiger partial charge in [-0.2, -0.15) is 13.2 Å². The second-order valence-electron chi connectivity index (χ2n) is 8.68. The second kappa shape index (κ2) is 10.6. The Morgan fingerprint density at radius 2 is 1.81 bits per heavy atom. The summed E-state index contributed by atoms with van der Waals surface area (Å²) in [5.74, 6) is -1.42. The van der Waals surface area contributed by atoms with Crippen molar-refractivity contribution in [2.45, 2.75) is 56.9 Å². The van der Waals surface area contributed by atoms with Crippen LogP contribution in [-0.2, 0) is 25.7 Å². The van der Waals surface area contributed by atoms with Crippen molar-refractivity contribution in [3.8, 4) is 0 Å². The topological polar surface area (TPSA) is 89.0 Å². The highest BCUT2D eigenvalue weighted by Crippen LogP contribution is 2.41. The average molecular weight is 458 g/mol. The van der Waals surface area contributed by atoms with Crippen LogP contribution in [0.3, 0.4) is 0 Å². The molecule has 7 nitrogen and oxygen atoms in total. The number of ether oxygens (including phenoxy) is 2. The molecular formula is C22H29F3N2O5. The molecule has 3 heterocycles. The number of aliphatic carboxylic acids is 1. The zero-order valence-corrected chi connectivity index (χ0v) is 17.9. The number of halogens is 3. The van der Waals surface area contributed by atoms with Crippen LogP contribution in [-0.4, -0.2) is 64.9 Å². The fourth-order valence-corrected chi connectivity index (χ4v) is 4.53. The van der Waals surface area contributed by atoms with Crippen molar-refractivity contribution in [1.29, 1.82) is 0 Å². The number of carboxylic acid groups (broad SMARTS) is 1. The molecule has 1 aromatic heterocycles. The van der Waals surface area contributed by atoms with Gasteiger partial charge in [0.05, 0.1) is 26.3 Å². The first kappa shape index (κ1) is 24.4. The maximum Gasteiger partial charge on any atom is 0.490 e. The fourth-order valence-electron chi connectivity index (χ4n) is 4.53. The molecule has 32 heavy (non-hydrogen) atoms. The van der Waals surface area contributed by atoms with E-state index in [0.29, 0.717) is 31.0 Å². The summed E-state index contributed by atoms with van der Waals surface area (Å²) in [5, 5.41) is 7.12. The molecule has 0 bridgehead atoms. The molecule has 10 heteroatoms. The number of amides is 1. The molecule has 1 amide bonds. The maximum atomic E-state index is 12.5. The van der Waals surface area contributed by atoms with E-state index < -0.39 is 12.1 Å². The number of rotatable bonds is 6. The van der Waals surface area contributed by atoms with E-state index in [-0.39, 0.29) is 5.60 Å². The minimum Gasteiger partial charge on any atom is -0.475 e. The van der Waals surface area contributed by atoms with Crippen LogP contribution in [0, 0.1) is 11.8 Å². The van der Waals surface area contributed by atoms with E-state index in [9.17, 15) is 18.0 Å². The largest absolute Gasteiger partial charge is 0.490 e. The van der Waals surface area contributed by atoms with Crippen molar-refractivity contribution >= 4 is 11.9 Å². The molecule has 1 aromatic rings. The molecule has 4 rings (SSSR count). The molecule has 1 unspecified atom stereocenters. The molecule has 1 saturated carbocycles. The Kier molecular flexibility index (Phi) is 8.10. The van der Waals surface area contributed by atoms with Gasteiger partial charge in [-0.15, -0.1) is 0 Å². The van der Waals surface area contributed by atoms with Gasteiger partial charge in [-0.25, -0.2) is 4.79 Å². The number of alkyl halides is 3. The van der Waals surface area contributed by atoms with Crippen LogP contribution in [0.15, 0.2) is 24.5 Å². The first-order valence-corrected chi connectivity index (χ1v) is 10.9. The normalized spacial score (nSPS) is 22.3. The molecule has 2 aliphatic heterocycles. The third-order valence-electron chi connectivity index (χ3n) is 6.39. The summed E-state index contributed by atoms with van der Waals surface area (Å²) < 4.78 is 43.7. The highest BCUT2D eigenvalue weighted by atomic mass is 19.4. The SMILES string of the molecule is O=C(CC1CCCC1)N1CC2(C1)OCCC2COCc1ccncc1.O=C(O)C(F)(F)F. The van der Waals surface area contributed by atoms with Crippen molar-refractivity contribution in [3.05, 3.63) is 30.1 Å². The lowest BCUT2D eigenvalue weighted by atomic mass is 9.81. The van der Waals surface area contributed by atoms with Gasteiger partial charge in [0.1, 0.15) is 5.60 Å². The van der Waals surface area contributed by atoms with Gasteiger partial charge in [-0.05, 0) is 42.9 Å². The Hall–Kier alpha value is -2.20. The minimum absolute atomic E-state index is 0.149. The summed E-state index contributed by atoms with van der Waals surface area (Å²) in [6.45, 7) is 3.60. The van der Waals surface area contributed by atoms with E-state index in [1.807, 2.05) is 17.0 Å². The number of carbonyl (C=O) groups excluding carboxylic acids is 1. The summed E-state index contributed by atoms with van der Waals surface area (Å²) in [4.78, 5) is 27.4.